The molecule has 2 rings (SSSR count). The number of hydrogen-bond donors (Lipinski definition) is 1. The Bertz CT molecular complexity index is 482. The predicted octanol–water partition coefficient (Wildman–Crippen LogP) is 2.52. The van der Waals surface area contributed by atoms with Gasteiger partial charge in [-0.3, -0.25) is 9.59 Å². The maximum absolute atomic E-state index is 11.8. The molecule has 4 nitrogen and oxygen atoms in total. The first-order valence-electron chi connectivity index (χ1n) is 6.92. The van der Waals surface area contributed by atoms with Crippen molar-refractivity contribution < 1.29 is 14.3 Å². The van der Waals surface area contributed by atoms with Crippen LogP contribution in [0.1, 0.15) is 37.4 Å². The molecule has 0 unspecified atom stereocenters. The Balaban J connectivity index is 2.09. The van der Waals surface area contributed by atoms with Crippen molar-refractivity contribution >= 4 is 11.9 Å². The number of carbonyl (C=O) groups is 2. The van der Waals surface area contributed by atoms with Gasteiger partial charge in [-0.15, -0.1) is 0 Å². The molecule has 0 bridgehead atoms. The van der Waals surface area contributed by atoms with Gasteiger partial charge in [-0.1, -0.05) is 42.5 Å². The van der Waals surface area contributed by atoms with Gasteiger partial charge in [-0.25, -0.2) is 0 Å². The number of benzene rings is 1. The van der Waals surface area contributed by atoms with Crippen molar-refractivity contribution in [2.24, 2.45) is 0 Å². The van der Waals surface area contributed by atoms with Crippen LogP contribution in [0.15, 0.2) is 42.5 Å². The van der Waals surface area contributed by atoms with E-state index in [0.717, 1.165) is 5.56 Å². The van der Waals surface area contributed by atoms with E-state index in [9.17, 15) is 9.59 Å². The van der Waals surface area contributed by atoms with Crippen molar-refractivity contribution in [3.8, 4) is 0 Å². The van der Waals surface area contributed by atoms with Gasteiger partial charge < -0.3 is 10.1 Å². The second-order valence-corrected chi connectivity index (χ2v) is 4.74. The molecule has 1 N–H and O–H groups in total. The average molecular weight is 273 g/mol. The van der Waals surface area contributed by atoms with Gasteiger partial charge in [0.1, 0.15) is 6.10 Å². The second kappa shape index (κ2) is 7.48. The predicted molar refractivity (Wildman–Crippen MR) is 75.9 cm³/mol. The fourth-order valence-corrected chi connectivity index (χ4v) is 2.06. The Morgan fingerprint density at radius 3 is 2.45 bits per heavy atom. The normalized spacial score (nSPS) is 22.9. The monoisotopic (exact) mass is 273 g/mol. The zero-order valence-corrected chi connectivity index (χ0v) is 11.4. The number of hydrogen-bond acceptors (Lipinski definition) is 3. The minimum atomic E-state index is -0.420. The van der Waals surface area contributed by atoms with Gasteiger partial charge in [0.25, 0.3) is 0 Å². The van der Waals surface area contributed by atoms with Crippen LogP contribution in [0, 0.1) is 0 Å². The molecule has 0 aliphatic carbocycles. The maximum atomic E-state index is 11.8. The molecule has 0 saturated carbocycles. The van der Waals surface area contributed by atoms with Crippen LogP contribution in [0.3, 0.4) is 0 Å². The number of nitrogens with one attached hydrogen (secondary N) is 1. The lowest BCUT2D eigenvalue weighted by Crippen LogP contribution is -2.30. The fraction of sp³-hybridized carbons (Fsp3) is 0.375. The quantitative estimate of drug-likeness (QED) is 0.632. The van der Waals surface area contributed by atoms with Crippen LogP contribution in [0.2, 0.25) is 0 Å². The second-order valence-electron chi connectivity index (χ2n) is 4.74. The third kappa shape index (κ3) is 4.53. The van der Waals surface area contributed by atoms with Gasteiger partial charge in [-0.2, -0.15) is 0 Å². The van der Waals surface area contributed by atoms with E-state index in [1.54, 1.807) is 0 Å². The van der Waals surface area contributed by atoms with Gasteiger partial charge >= 0.3 is 5.97 Å². The molecule has 0 spiro atoms. The molecule has 1 amide bonds. The first-order chi connectivity index (χ1) is 9.75. The molecule has 1 aromatic carbocycles. The van der Waals surface area contributed by atoms with Crippen molar-refractivity contribution in [1.82, 2.24) is 5.32 Å². The molecule has 1 atom stereocenters. The number of cyclic esters (lactones) is 1. The summed E-state index contributed by atoms with van der Waals surface area (Å²) in [6.45, 7) is 0.318. The van der Waals surface area contributed by atoms with Crippen molar-refractivity contribution in [2.75, 3.05) is 6.54 Å². The summed E-state index contributed by atoms with van der Waals surface area (Å²) in [4.78, 5) is 23.5. The molecule has 0 saturated heterocycles. The van der Waals surface area contributed by atoms with Gasteiger partial charge in [0.2, 0.25) is 5.91 Å². The van der Waals surface area contributed by atoms with Crippen LogP contribution in [0.25, 0.3) is 0 Å². The fourth-order valence-electron chi connectivity index (χ4n) is 2.06. The van der Waals surface area contributed by atoms with Gasteiger partial charge in [-0.05, 0) is 18.4 Å². The van der Waals surface area contributed by atoms with Crippen LogP contribution in [0.4, 0.5) is 0 Å². The highest BCUT2D eigenvalue weighted by atomic mass is 16.5. The Hall–Kier alpha value is -2.10. The number of esters is 1. The molecule has 4 heteroatoms. The lowest BCUT2D eigenvalue weighted by Gasteiger charge is -2.19. The molecule has 0 aromatic heterocycles. The topological polar surface area (TPSA) is 55.4 Å². The lowest BCUT2D eigenvalue weighted by molar-refractivity contribution is -0.149. The highest BCUT2D eigenvalue weighted by Gasteiger charge is 2.17. The molecule has 20 heavy (non-hydrogen) atoms. The van der Waals surface area contributed by atoms with Crippen LogP contribution >= 0.6 is 0 Å². The molecule has 0 fully saturated rings. The highest BCUT2D eigenvalue weighted by molar-refractivity contribution is 5.76. The summed E-state index contributed by atoms with van der Waals surface area (Å²) in [6, 6.07) is 9.49. The number of allylic oxidation sites excluding steroid dienone is 2. The number of rotatable bonds is 1. The number of ether oxygens (including phenoxy) is 1. The number of amides is 1. The largest absolute Gasteiger partial charge is 0.456 e. The molecule has 0 radical (unpaired) electrons. The van der Waals surface area contributed by atoms with E-state index in [2.05, 4.69) is 5.32 Å². The van der Waals surface area contributed by atoms with E-state index < -0.39 is 6.10 Å². The van der Waals surface area contributed by atoms with Crippen molar-refractivity contribution in [3.05, 3.63) is 48.0 Å². The molecule has 1 aromatic rings. The molecule has 106 valence electrons. The molecular formula is C16H19NO3. The van der Waals surface area contributed by atoms with Crippen molar-refractivity contribution in [2.45, 2.75) is 31.8 Å². The lowest BCUT2D eigenvalue weighted by atomic mass is 10.1. The summed E-state index contributed by atoms with van der Waals surface area (Å²) in [5.74, 6) is -0.259. The summed E-state index contributed by atoms with van der Waals surface area (Å²) in [5, 5.41) is 2.82. The van der Waals surface area contributed by atoms with Crippen molar-refractivity contribution in [3.63, 3.8) is 0 Å². The van der Waals surface area contributed by atoms with E-state index in [0.29, 0.717) is 32.2 Å². The summed E-state index contributed by atoms with van der Waals surface area (Å²) < 4.78 is 5.47. The van der Waals surface area contributed by atoms with Gasteiger partial charge in [0.05, 0.1) is 6.54 Å². The van der Waals surface area contributed by atoms with Gasteiger partial charge in [0, 0.05) is 12.8 Å². The van der Waals surface area contributed by atoms with E-state index >= 15 is 0 Å². The maximum Gasteiger partial charge on any atom is 0.306 e. The van der Waals surface area contributed by atoms with Crippen LogP contribution < -0.4 is 5.32 Å². The van der Waals surface area contributed by atoms with Crippen LogP contribution in [0.5, 0.6) is 0 Å². The standard InChI is InChI=1S/C16H19NO3/c18-15-10-6-1-2-7-11-16(19)20-14(12-17-15)13-8-4-3-5-9-13/h1-5,8-9,14H,6-7,10-12H2,(H,17,18)/b2-1+/t14-/m0/s1. The molecule has 1 aliphatic rings. The molecule has 1 heterocycles. The SMILES string of the molecule is O=C1CC/C=C/CCC(=O)O[C@H](c2ccccc2)CN1. The van der Waals surface area contributed by atoms with Crippen molar-refractivity contribution in [1.29, 1.82) is 0 Å². The summed E-state index contributed by atoms with van der Waals surface area (Å²) in [6.07, 6.45) is 5.63. The third-order valence-corrected chi connectivity index (χ3v) is 3.15. The Labute approximate surface area is 118 Å². The third-order valence-electron chi connectivity index (χ3n) is 3.15. The summed E-state index contributed by atoms with van der Waals surface area (Å²) in [5.41, 5.74) is 0.897. The Morgan fingerprint density at radius 1 is 1.00 bits per heavy atom. The zero-order valence-electron chi connectivity index (χ0n) is 11.4. The summed E-state index contributed by atoms with van der Waals surface area (Å²) in [7, 11) is 0. The van der Waals surface area contributed by atoms with E-state index in [1.807, 2.05) is 42.5 Å². The highest BCUT2D eigenvalue weighted by Crippen LogP contribution is 2.18. The van der Waals surface area contributed by atoms with Gasteiger partial charge in [0.15, 0.2) is 0 Å². The molecular weight excluding hydrogens is 254 g/mol. The first kappa shape index (κ1) is 14.3. The van der Waals surface area contributed by atoms with Crippen LogP contribution in [-0.4, -0.2) is 18.4 Å². The smallest absolute Gasteiger partial charge is 0.306 e. The minimum Gasteiger partial charge on any atom is -0.456 e. The zero-order chi connectivity index (χ0) is 14.2. The Kier molecular flexibility index (Phi) is 5.35. The number of carbonyl (C=O) groups excluding carboxylic acids is 2. The van der Waals surface area contributed by atoms with E-state index in [-0.39, 0.29) is 11.9 Å². The summed E-state index contributed by atoms with van der Waals surface area (Å²) >= 11 is 0. The average Bonchev–Trinajstić information content (AvgIpc) is 2.46. The Morgan fingerprint density at radius 2 is 1.70 bits per heavy atom. The van der Waals surface area contributed by atoms with Crippen LogP contribution in [-0.2, 0) is 14.3 Å². The minimum absolute atomic E-state index is 0.0211. The van der Waals surface area contributed by atoms with E-state index in [1.165, 1.54) is 0 Å². The molecule has 1 aliphatic heterocycles. The van der Waals surface area contributed by atoms with E-state index in [4.69, 9.17) is 4.74 Å². The first-order valence-corrected chi connectivity index (χ1v) is 6.92.